The van der Waals surface area contributed by atoms with Gasteiger partial charge in [-0.2, -0.15) is 9.72 Å². The third-order valence-corrected chi connectivity index (χ3v) is 7.30. The number of hydrogen-bond donors (Lipinski definition) is 1. The molecule has 2 aliphatic heterocycles. The van der Waals surface area contributed by atoms with Gasteiger partial charge < -0.3 is 5.21 Å². The van der Waals surface area contributed by atoms with E-state index in [1.807, 2.05) is 16.2 Å². The van der Waals surface area contributed by atoms with Crippen LogP contribution in [0.1, 0.15) is 0 Å². The van der Waals surface area contributed by atoms with Crippen molar-refractivity contribution in [3.8, 4) is 0 Å². The molecule has 1 amide bonds. The minimum atomic E-state index is -0.340. The first-order chi connectivity index (χ1) is 9.74. The molecule has 0 radical (unpaired) electrons. The van der Waals surface area contributed by atoms with E-state index in [2.05, 4.69) is 4.99 Å². The monoisotopic (exact) mass is 340 g/mol. The largest absolute Gasteiger partial charge is 0.427 e. The van der Waals surface area contributed by atoms with E-state index in [0.717, 1.165) is 8.97 Å². The van der Waals surface area contributed by atoms with Crippen LogP contribution in [0.3, 0.4) is 0 Å². The number of carbonyl (C=O) groups excluding carboxylic acids is 1. The van der Waals surface area contributed by atoms with Gasteiger partial charge in [-0.25, -0.2) is 0 Å². The Balaban J connectivity index is 1.79. The van der Waals surface area contributed by atoms with Gasteiger partial charge in [-0.15, -0.1) is 0 Å². The number of amides is 1. The number of pyridine rings is 1. The molecule has 102 valence electrons. The van der Waals surface area contributed by atoms with Crippen LogP contribution in [0, 0.1) is 0 Å². The molecule has 3 heterocycles. The fourth-order valence-electron chi connectivity index (χ4n) is 1.42. The molecular formula is C12H8N2O2S4. The van der Waals surface area contributed by atoms with E-state index in [-0.39, 0.29) is 11.4 Å². The van der Waals surface area contributed by atoms with E-state index in [1.54, 1.807) is 41.7 Å². The average molecular weight is 340 g/mol. The van der Waals surface area contributed by atoms with Crippen LogP contribution in [0.2, 0.25) is 0 Å². The van der Waals surface area contributed by atoms with Crippen LogP contribution in [0.15, 0.2) is 59.0 Å². The Labute approximate surface area is 132 Å². The van der Waals surface area contributed by atoms with Gasteiger partial charge in [0.05, 0.1) is 13.4 Å². The number of hydrogen-bond acceptors (Lipinski definition) is 6. The maximum atomic E-state index is 12.1. The third-order valence-electron chi connectivity index (χ3n) is 2.29. The van der Waals surface area contributed by atoms with Gasteiger partial charge in [-0.3, -0.25) is 4.79 Å². The zero-order valence-electron chi connectivity index (χ0n) is 9.92. The smallest absolute Gasteiger partial charge is 0.286 e. The minimum absolute atomic E-state index is 0.219. The Morgan fingerprint density at radius 1 is 1.15 bits per heavy atom. The number of nitrogens with zero attached hydrogens (tertiary/aromatic N) is 2. The van der Waals surface area contributed by atoms with Gasteiger partial charge in [-0.05, 0) is 28.4 Å². The van der Waals surface area contributed by atoms with Crippen LogP contribution in [0.5, 0.6) is 0 Å². The lowest BCUT2D eigenvalue weighted by Gasteiger charge is -2.00. The maximum absolute atomic E-state index is 12.1. The van der Waals surface area contributed by atoms with Crippen LogP contribution in [-0.2, 0) is 4.79 Å². The van der Waals surface area contributed by atoms with Crippen molar-refractivity contribution < 1.29 is 10.0 Å². The molecule has 0 unspecified atom stereocenters. The Morgan fingerprint density at radius 2 is 1.95 bits per heavy atom. The molecule has 1 aromatic heterocycles. The van der Waals surface area contributed by atoms with Crippen molar-refractivity contribution in [1.29, 1.82) is 0 Å². The van der Waals surface area contributed by atoms with Crippen molar-refractivity contribution >= 4 is 53.0 Å². The van der Waals surface area contributed by atoms with Crippen LogP contribution in [0.25, 0.3) is 0 Å². The third kappa shape index (κ3) is 3.03. The molecule has 0 saturated carbocycles. The van der Waals surface area contributed by atoms with Gasteiger partial charge in [0.15, 0.2) is 5.49 Å². The van der Waals surface area contributed by atoms with Crippen LogP contribution < -0.4 is 5.49 Å². The summed E-state index contributed by atoms with van der Waals surface area (Å²) in [5.41, 5.74) is 0.219. The fraction of sp³-hybridized carbons (Fsp3) is 0. The average Bonchev–Trinajstić information content (AvgIpc) is 3.11. The molecule has 0 fully saturated rings. The first-order valence-electron chi connectivity index (χ1n) is 5.47. The molecule has 4 nitrogen and oxygen atoms in total. The van der Waals surface area contributed by atoms with Crippen LogP contribution in [-0.4, -0.2) is 15.8 Å². The molecule has 1 N–H and O–H groups in total. The standard InChI is InChI=1S/C12H8N2O2S4/c15-10(13-9-3-1-2-4-14(9)16)8-7-19-12(20-8)11-17-5-6-18-11/h1-7,16H. The van der Waals surface area contributed by atoms with E-state index in [1.165, 1.54) is 34.0 Å². The summed E-state index contributed by atoms with van der Waals surface area (Å²) < 4.78 is 3.13. The molecular weight excluding hydrogens is 332 g/mol. The molecule has 20 heavy (non-hydrogen) atoms. The predicted octanol–water partition coefficient (Wildman–Crippen LogP) is 3.55. The Bertz CT molecular complexity index is 708. The number of carbonyl (C=O) groups is 1. The van der Waals surface area contributed by atoms with Crippen molar-refractivity contribution in [3.63, 3.8) is 0 Å². The number of aromatic nitrogens is 1. The second-order valence-corrected chi connectivity index (χ2v) is 7.89. The maximum Gasteiger partial charge on any atom is 0.286 e. The molecule has 1 aromatic rings. The first kappa shape index (κ1) is 14.0. The summed E-state index contributed by atoms with van der Waals surface area (Å²) in [5.74, 6) is -0.340. The molecule has 0 aliphatic carbocycles. The molecule has 0 saturated heterocycles. The molecule has 0 spiro atoms. The van der Waals surface area contributed by atoms with E-state index in [4.69, 9.17) is 0 Å². The normalized spacial score (nSPS) is 18.8. The minimum Gasteiger partial charge on any atom is -0.427 e. The summed E-state index contributed by atoms with van der Waals surface area (Å²) in [6, 6.07) is 4.96. The highest BCUT2D eigenvalue weighted by Gasteiger charge is 2.22. The molecule has 8 heteroatoms. The van der Waals surface area contributed by atoms with Gasteiger partial charge in [0.1, 0.15) is 0 Å². The summed E-state index contributed by atoms with van der Waals surface area (Å²) in [4.78, 5) is 16.6. The van der Waals surface area contributed by atoms with E-state index < -0.39 is 0 Å². The summed E-state index contributed by atoms with van der Waals surface area (Å²) in [6.07, 6.45) is 1.43. The van der Waals surface area contributed by atoms with E-state index in [9.17, 15) is 10.0 Å². The van der Waals surface area contributed by atoms with Gasteiger partial charge in [0.2, 0.25) is 0 Å². The highest BCUT2D eigenvalue weighted by atomic mass is 32.2. The van der Waals surface area contributed by atoms with Crippen LogP contribution >= 0.6 is 47.0 Å². The summed E-state index contributed by atoms with van der Waals surface area (Å²) in [6.45, 7) is 0. The van der Waals surface area contributed by atoms with Gasteiger partial charge in [0, 0.05) is 6.20 Å². The number of rotatable bonds is 1. The quantitative estimate of drug-likeness (QED) is 0.789. The summed E-state index contributed by atoms with van der Waals surface area (Å²) in [7, 11) is 0. The summed E-state index contributed by atoms with van der Waals surface area (Å²) in [5, 5.41) is 15.4. The number of thioether (sulfide) groups is 4. The predicted molar refractivity (Wildman–Crippen MR) is 86.8 cm³/mol. The first-order valence-corrected chi connectivity index (χ1v) is 8.93. The summed E-state index contributed by atoms with van der Waals surface area (Å²) >= 11 is 6.29. The van der Waals surface area contributed by atoms with Gasteiger partial charge in [-0.1, -0.05) is 53.1 Å². The van der Waals surface area contributed by atoms with Crippen LogP contribution in [0.4, 0.5) is 0 Å². The highest BCUT2D eigenvalue weighted by Crippen LogP contribution is 2.53. The fourth-order valence-corrected chi connectivity index (χ4v) is 5.74. The second kappa shape index (κ2) is 6.21. The zero-order chi connectivity index (χ0) is 13.9. The Kier molecular flexibility index (Phi) is 4.35. The van der Waals surface area contributed by atoms with Gasteiger partial charge >= 0.3 is 0 Å². The molecule has 2 aliphatic rings. The molecule has 3 rings (SSSR count). The molecule has 0 bridgehead atoms. The van der Waals surface area contributed by atoms with Crippen molar-refractivity contribution in [2.24, 2.45) is 4.99 Å². The topological polar surface area (TPSA) is 54.6 Å². The zero-order valence-corrected chi connectivity index (χ0v) is 13.2. The van der Waals surface area contributed by atoms with Crippen molar-refractivity contribution in [2.75, 3.05) is 0 Å². The molecule has 0 atom stereocenters. The van der Waals surface area contributed by atoms with Gasteiger partial charge in [0.25, 0.3) is 5.91 Å². The second-order valence-electron chi connectivity index (χ2n) is 3.61. The molecule has 0 aromatic carbocycles. The SMILES string of the molecule is O=C(N=c1ccccn1O)C1=CSC(=C2SC=CS2)S1. The van der Waals surface area contributed by atoms with Crippen molar-refractivity contribution in [2.45, 2.75) is 0 Å². The van der Waals surface area contributed by atoms with Crippen molar-refractivity contribution in [1.82, 2.24) is 4.73 Å². The van der Waals surface area contributed by atoms with Crippen molar-refractivity contribution in [3.05, 3.63) is 59.5 Å². The van der Waals surface area contributed by atoms with E-state index >= 15 is 0 Å². The Morgan fingerprint density at radius 3 is 2.70 bits per heavy atom. The van der Waals surface area contributed by atoms with E-state index in [0.29, 0.717) is 4.91 Å². The lowest BCUT2D eigenvalue weighted by Crippen LogP contribution is -2.19. The Hall–Kier alpha value is -0.960. The highest BCUT2D eigenvalue weighted by molar-refractivity contribution is 8.33. The lowest BCUT2D eigenvalue weighted by molar-refractivity contribution is -0.114. The lowest BCUT2D eigenvalue weighted by atomic mass is 10.5.